The molecule has 124 valence electrons. The van der Waals surface area contributed by atoms with Gasteiger partial charge < -0.3 is 19.7 Å². The second-order valence-electron chi connectivity index (χ2n) is 5.50. The van der Waals surface area contributed by atoms with Gasteiger partial charge in [-0.15, -0.1) is 0 Å². The Balaban J connectivity index is 2.79. The zero-order chi connectivity index (χ0) is 17.1. The molecule has 0 aliphatic rings. The lowest BCUT2D eigenvalue weighted by Crippen LogP contribution is -2.13. The van der Waals surface area contributed by atoms with E-state index in [2.05, 4.69) is 19.0 Å². The summed E-state index contributed by atoms with van der Waals surface area (Å²) in [4.78, 5) is 11.7. The average Bonchev–Trinajstić information content (AvgIpc) is 2.97. The van der Waals surface area contributed by atoms with Crippen LogP contribution < -0.4 is 15.2 Å². The summed E-state index contributed by atoms with van der Waals surface area (Å²) >= 11 is 0. The molecule has 2 aromatic rings. The van der Waals surface area contributed by atoms with E-state index in [4.69, 9.17) is 19.7 Å². The molecular weight excluding hydrogens is 296 g/mol. The van der Waals surface area contributed by atoms with Gasteiger partial charge in [-0.1, -0.05) is 25.9 Å². The summed E-state index contributed by atoms with van der Waals surface area (Å²) in [5, 5.41) is 3.82. The number of nitrogens with zero attached hydrogens (tertiary/aromatic N) is 1. The minimum absolute atomic E-state index is 0.111. The number of amides is 1. The molecule has 2 rings (SSSR count). The van der Waals surface area contributed by atoms with Gasteiger partial charge in [0, 0.05) is 18.1 Å². The van der Waals surface area contributed by atoms with E-state index in [9.17, 15) is 4.79 Å². The quantitative estimate of drug-likeness (QED) is 0.884. The van der Waals surface area contributed by atoms with E-state index in [-0.39, 0.29) is 11.6 Å². The Morgan fingerprint density at radius 2 is 1.91 bits per heavy atom. The molecule has 0 aliphatic carbocycles. The number of rotatable bonds is 6. The molecule has 0 unspecified atom stereocenters. The molecule has 0 fully saturated rings. The summed E-state index contributed by atoms with van der Waals surface area (Å²) < 4.78 is 16.2. The molecule has 0 saturated heterocycles. The zero-order valence-corrected chi connectivity index (χ0v) is 14.1. The molecule has 2 N–H and O–H groups in total. The van der Waals surface area contributed by atoms with Crippen LogP contribution in [0.3, 0.4) is 0 Å². The minimum Gasteiger partial charge on any atom is -0.496 e. The normalized spacial score (nSPS) is 10.9. The molecule has 23 heavy (non-hydrogen) atoms. The molecule has 6 nitrogen and oxygen atoms in total. The number of methoxy groups -OCH3 is 2. The largest absolute Gasteiger partial charge is 0.496 e. The molecule has 1 aromatic carbocycles. The van der Waals surface area contributed by atoms with Crippen LogP contribution in [-0.2, 0) is 6.42 Å². The Morgan fingerprint density at radius 1 is 1.26 bits per heavy atom. The van der Waals surface area contributed by atoms with Gasteiger partial charge in [0.25, 0.3) is 5.91 Å². The summed E-state index contributed by atoms with van der Waals surface area (Å²) in [7, 11) is 3.18. The fourth-order valence-corrected chi connectivity index (χ4v) is 2.58. The summed E-state index contributed by atoms with van der Waals surface area (Å²) in [5.74, 6) is 1.50. The summed E-state index contributed by atoms with van der Waals surface area (Å²) in [6, 6.07) is 3.75. The van der Waals surface area contributed by atoms with Gasteiger partial charge in [0.15, 0.2) is 5.69 Å². The molecule has 0 spiro atoms. The van der Waals surface area contributed by atoms with Crippen molar-refractivity contribution >= 4 is 5.91 Å². The molecule has 0 saturated carbocycles. The van der Waals surface area contributed by atoms with Gasteiger partial charge in [0.2, 0.25) is 0 Å². The molecule has 1 heterocycles. The first-order valence-corrected chi connectivity index (χ1v) is 7.49. The van der Waals surface area contributed by atoms with Crippen LogP contribution >= 0.6 is 0 Å². The van der Waals surface area contributed by atoms with Crippen molar-refractivity contribution in [3.8, 4) is 22.6 Å². The van der Waals surface area contributed by atoms with E-state index in [1.54, 1.807) is 14.2 Å². The lowest BCUT2D eigenvalue weighted by atomic mass is 9.94. The number of aryl methyl sites for hydroxylation is 1. The standard InChI is InChI=1S/C17H22N2O4/c1-6-12-15(16(17(18)20)19-23-12)11-7-10(9(2)3)13(21-4)8-14(11)22-5/h7-9H,6H2,1-5H3,(H2,18,20). The van der Waals surface area contributed by atoms with E-state index >= 15 is 0 Å². The van der Waals surface area contributed by atoms with Gasteiger partial charge in [-0.25, -0.2) is 0 Å². The third-order valence-corrected chi connectivity index (χ3v) is 3.76. The molecule has 0 atom stereocenters. The van der Waals surface area contributed by atoms with Crippen LogP contribution in [0.15, 0.2) is 16.7 Å². The second kappa shape index (κ2) is 6.73. The Morgan fingerprint density at radius 3 is 2.39 bits per heavy atom. The minimum atomic E-state index is -0.632. The second-order valence-corrected chi connectivity index (χ2v) is 5.50. The fourth-order valence-electron chi connectivity index (χ4n) is 2.58. The first-order chi connectivity index (χ1) is 10.9. The SMILES string of the molecule is CCc1onc(C(N)=O)c1-c1cc(C(C)C)c(OC)cc1OC. The summed E-state index contributed by atoms with van der Waals surface area (Å²) in [5.41, 5.74) is 7.86. The first-order valence-electron chi connectivity index (χ1n) is 7.49. The number of primary amides is 1. The number of benzene rings is 1. The maximum atomic E-state index is 11.7. The van der Waals surface area contributed by atoms with Crippen molar-refractivity contribution in [3.63, 3.8) is 0 Å². The van der Waals surface area contributed by atoms with Crippen molar-refractivity contribution in [3.05, 3.63) is 29.2 Å². The number of nitrogens with two attached hydrogens (primary N) is 1. The van der Waals surface area contributed by atoms with Crippen LogP contribution in [-0.4, -0.2) is 25.3 Å². The van der Waals surface area contributed by atoms with Crippen LogP contribution in [0, 0.1) is 0 Å². The molecule has 6 heteroatoms. The van der Waals surface area contributed by atoms with Gasteiger partial charge >= 0.3 is 0 Å². The highest BCUT2D eigenvalue weighted by molar-refractivity contribution is 5.99. The number of ether oxygens (including phenoxy) is 2. The van der Waals surface area contributed by atoms with Gasteiger partial charge in [-0.05, 0) is 17.5 Å². The average molecular weight is 318 g/mol. The van der Waals surface area contributed by atoms with Crippen molar-refractivity contribution in [2.45, 2.75) is 33.1 Å². The van der Waals surface area contributed by atoms with Crippen molar-refractivity contribution in [2.75, 3.05) is 14.2 Å². The summed E-state index contributed by atoms with van der Waals surface area (Å²) in [6.07, 6.45) is 0.585. The van der Waals surface area contributed by atoms with E-state index in [1.165, 1.54) is 0 Å². The predicted octanol–water partition coefficient (Wildman–Crippen LogP) is 3.14. The number of aromatic nitrogens is 1. The molecule has 0 radical (unpaired) electrons. The van der Waals surface area contributed by atoms with Crippen molar-refractivity contribution in [2.24, 2.45) is 5.73 Å². The van der Waals surface area contributed by atoms with E-state index in [0.29, 0.717) is 23.5 Å². The molecule has 1 amide bonds. The molecule has 0 bridgehead atoms. The third-order valence-electron chi connectivity index (χ3n) is 3.76. The van der Waals surface area contributed by atoms with Crippen LogP contribution in [0.4, 0.5) is 0 Å². The van der Waals surface area contributed by atoms with Crippen LogP contribution in [0.25, 0.3) is 11.1 Å². The first kappa shape index (κ1) is 16.9. The highest BCUT2D eigenvalue weighted by Gasteiger charge is 2.25. The van der Waals surface area contributed by atoms with E-state index in [0.717, 1.165) is 16.9 Å². The van der Waals surface area contributed by atoms with Gasteiger partial charge in [0.05, 0.1) is 19.8 Å². The lowest BCUT2D eigenvalue weighted by molar-refractivity contribution is 0.0992. The van der Waals surface area contributed by atoms with E-state index in [1.807, 2.05) is 19.1 Å². The van der Waals surface area contributed by atoms with E-state index < -0.39 is 5.91 Å². The van der Waals surface area contributed by atoms with Crippen LogP contribution in [0.5, 0.6) is 11.5 Å². The lowest BCUT2D eigenvalue weighted by Gasteiger charge is -2.17. The predicted molar refractivity (Wildman–Crippen MR) is 87.0 cm³/mol. The highest BCUT2D eigenvalue weighted by Crippen LogP contribution is 2.41. The number of hydrogen-bond donors (Lipinski definition) is 1. The molecular formula is C17H22N2O4. The number of hydrogen-bond acceptors (Lipinski definition) is 5. The van der Waals surface area contributed by atoms with Gasteiger partial charge in [0.1, 0.15) is 17.3 Å². The van der Waals surface area contributed by atoms with Crippen molar-refractivity contribution in [1.29, 1.82) is 0 Å². The zero-order valence-electron chi connectivity index (χ0n) is 14.1. The number of carbonyl (C=O) groups excluding carboxylic acids is 1. The van der Waals surface area contributed by atoms with Gasteiger partial charge in [-0.2, -0.15) is 0 Å². The van der Waals surface area contributed by atoms with Crippen LogP contribution in [0.1, 0.15) is 48.5 Å². The van der Waals surface area contributed by atoms with Gasteiger partial charge in [-0.3, -0.25) is 4.79 Å². The highest BCUT2D eigenvalue weighted by atomic mass is 16.5. The van der Waals surface area contributed by atoms with Crippen LogP contribution in [0.2, 0.25) is 0 Å². The molecule has 1 aromatic heterocycles. The third kappa shape index (κ3) is 3.02. The van der Waals surface area contributed by atoms with Crippen molar-refractivity contribution in [1.82, 2.24) is 5.16 Å². The number of carbonyl (C=O) groups is 1. The van der Waals surface area contributed by atoms with Crippen molar-refractivity contribution < 1.29 is 18.8 Å². The Bertz CT molecular complexity index is 720. The fraction of sp³-hybridized carbons (Fsp3) is 0.412. The maximum absolute atomic E-state index is 11.7. The monoisotopic (exact) mass is 318 g/mol. The Hall–Kier alpha value is -2.50. The molecule has 0 aliphatic heterocycles. The maximum Gasteiger partial charge on any atom is 0.271 e. The Kier molecular flexibility index (Phi) is 4.93. The smallest absolute Gasteiger partial charge is 0.271 e. The Labute approximate surface area is 135 Å². The summed E-state index contributed by atoms with van der Waals surface area (Å²) in [6.45, 7) is 6.06. The topological polar surface area (TPSA) is 87.6 Å².